The van der Waals surface area contributed by atoms with E-state index in [1.165, 1.54) is 6.33 Å². The van der Waals surface area contributed by atoms with Crippen LogP contribution < -0.4 is 0 Å². The molecule has 7 heteroatoms. The van der Waals surface area contributed by atoms with Crippen LogP contribution in [0, 0.1) is 6.92 Å². The molecule has 0 aromatic carbocycles. The topological polar surface area (TPSA) is 93.3 Å². The lowest BCUT2D eigenvalue weighted by molar-refractivity contribution is -0.0341. The number of rotatable bonds is 1. The molecule has 96 valence electrons. The molecule has 3 rings (SSSR count). The van der Waals surface area contributed by atoms with Gasteiger partial charge in [-0.1, -0.05) is 0 Å². The number of hydrogen-bond donors (Lipinski definition) is 2. The van der Waals surface area contributed by atoms with Gasteiger partial charge in [-0.05, 0) is 13.8 Å². The third kappa shape index (κ3) is 1.52. The Balaban J connectivity index is 2.05. The van der Waals surface area contributed by atoms with Crippen molar-refractivity contribution in [3.8, 4) is 11.5 Å². The van der Waals surface area contributed by atoms with Crippen LogP contribution in [-0.4, -0.2) is 48.0 Å². The molecular formula is C11H14N4O3. The first kappa shape index (κ1) is 11.5. The first-order valence-electron chi connectivity index (χ1n) is 5.75. The Hall–Kier alpha value is -1.57. The van der Waals surface area contributed by atoms with E-state index >= 15 is 0 Å². The zero-order valence-corrected chi connectivity index (χ0v) is 10.1. The zero-order chi connectivity index (χ0) is 12.9. The minimum absolute atomic E-state index is 0.418. The lowest BCUT2D eigenvalue weighted by Crippen LogP contribution is -2.31. The van der Waals surface area contributed by atoms with Gasteiger partial charge >= 0.3 is 0 Å². The van der Waals surface area contributed by atoms with E-state index in [9.17, 15) is 10.2 Å². The molecule has 3 aliphatic heterocycles. The van der Waals surface area contributed by atoms with Gasteiger partial charge in [-0.3, -0.25) is 0 Å². The normalized spacial score (nSPS) is 32.2. The fourth-order valence-corrected chi connectivity index (χ4v) is 2.25. The Morgan fingerprint density at radius 3 is 2.67 bits per heavy atom. The molecule has 0 unspecified atom stereocenters. The molecule has 0 aliphatic carbocycles. The fourth-order valence-electron chi connectivity index (χ4n) is 2.25. The van der Waals surface area contributed by atoms with Crippen molar-refractivity contribution in [3.05, 3.63) is 18.3 Å². The number of aromatic nitrogens is 4. The van der Waals surface area contributed by atoms with E-state index in [2.05, 4.69) is 15.0 Å². The van der Waals surface area contributed by atoms with Crippen molar-refractivity contribution in [2.45, 2.75) is 38.4 Å². The number of aliphatic hydroxyl groups excluding tert-OH is 2. The maximum absolute atomic E-state index is 9.97. The predicted octanol–water partition coefficient (Wildman–Crippen LogP) is -0.275. The molecule has 0 aromatic heterocycles. The van der Waals surface area contributed by atoms with E-state index in [-0.39, 0.29) is 0 Å². The summed E-state index contributed by atoms with van der Waals surface area (Å²) in [6.07, 6.45) is 0.0415. The highest BCUT2D eigenvalue weighted by Gasteiger charge is 2.41. The summed E-state index contributed by atoms with van der Waals surface area (Å²) in [5, 5.41) is 19.7. The van der Waals surface area contributed by atoms with Gasteiger partial charge in [-0.25, -0.2) is 15.0 Å². The van der Waals surface area contributed by atoms with E-state index in [1.807, 2.05) is 6.92 Å². The lowest BCUT2D eigenvalue weighted by atomic mass is 10.1. The van der Waals surface area contributed by atoms with Gasteiger partial charge in [-0.15, -0.1) is 0 Å². The Labute approximate surface area is 103 Å². The maximum atomic E-state index is 9.97. The molecule has 1 fully saturated rings. The predicted molar refractivity (Wildman–Crippen MR) is 60.8 cm³/mol. The average Bonchev–Trinajstić information content (AvgIpc) is 2.92. The first-order chi connectivity index (χ1) is 8.59. The minimum atomic E-state index is -0.981. The summed E-state index contributed by atoms with van der Waals surface area (Å²) in [6.45, 7) is 3.57. The second kappa shape index (κ2) is 3.98. The van der Waals surface area contributed by atoms with Crippen LogP contribution in [0.25, 0.3) is 11.5 Å². The van der Waals surface area contributed by atoms with Gasteiger partial charge in [0.1, 0.15) is 24.2 Å². The van der Waals surface area contributed by atoms with Gasteiger partial charge in [0.15, 0.2) is 12.1 Å². The van der Waals surface area contributed by atoms with Crippen molar-refractivity contribution in [2.24, 2.45) is 0 Å². The third-order valence-electron chi connectivity index (χ3n) is 3.36. The molecule has 4 atom stereocenters. The molecule has 0 saturated carbocycles. The number of imidazole rings is 1. The van der Waals surface area contributed by atoms with Crippen LogP contribution in [0.15, 0.2) is 12.7 Å². The van der Waals surface area contributed by atoms with Crippen LogP contribution in [0.3, 0.4) is 0 Å². The van der Waals surface area contributed by atoms with E-state index in [1.54, 1.807) is 17.8 Å². The van der Waals surface area contributed by atoms with Crippen LogP contribution in [0.1, 0.15) is 18.8 Å². The summed E-state index contributed by atoms with van der Waals surface area (Å²) in [5.74, 6) is 0.560. The first-order valence-corrected chi connectivity index (χ1v) is 5.75. The van der Waals surface area contributed by atoms with Crippen molar-refractivity contribution >= 4 is 0 Å². The van der Waals surface area contributed by atoms with Crippen molar-refractivity contribution < 1.29 is 14.9 Å². The fraction of sp³-hybridized carbons (Fsp3) is 0.545. The summed E-state index contributed by atoms with van der Waals surface area (Å²) < 4.78 is 7.23. The minimum Gasteiger partial charge on any atom is -0.388 e. The molecule has 0 amide bonds. The van der Waals surface area contributed by atoms with Gasteiger partial charge in [0.05, 0.1) is 12.4 Å². The maximum Gasteiger partial charge on any atom is 0.182 e. The smallest absolute Gasteiger partial charge is 0.182 e. The van der Waals surface area contributed by atoms with Gasteiger partial charge in [0.25, 0.3) is 0 Å². The van der Waals surface area contributed by atoms with Gasteiger partial charge < -0.3 is 19.5 Å². The molecule has 1 saturated heterocycles. The molecular weight excluding hydrogens is 236 g/mol. The average molecular weight is 250 g/mol. The van der Waals surface area contributed by atoms with E-state index in [4.69, 9.17) is 4.74 Å². The third-order valence-corrected chi connectivity index (χ3v) is 3.36. The largest absolute Gasteiger partial charge is 0.388 e. The van der Waals surface area contributed by atoms with Gasteiger partial charge in [0, 0.05) is 5.69 Å². The molecule has 3 heterocycles. The molecule has 3 aliphatic rings. The molecule has 0 radical (unpaired) electrons. The van der Waals surface area contributed by atoms with Crippen LogP contribution >= 0.6 is 0 Å². The standard InChI is InChI=1S/C11H14N4O3/c1-5-7-10(13-3-12-7)14-4-15(5)11-9(17)8(16)6(2)18-11/h3-4,6,8-9,11,16-17H,1-2H3/t6-,8-,9-,11-/m1/s1. The van der Waals surface area contributed by atoms with E-state index in [0.717, 1.165) is 5.69 Å². The van der Waals surface area contributed by atoms with Gasteiger partial charge in [0.2, 0.25) is 0 Å². The van der Waals surface area contributed by atoms with Crippen molar-refractivity contribution in [1.82, 2.24) is 19.5 Å². The Kier molecular flexibility index (Phi) is 2.54. The number of ether oxygens (including phenoxy) is 1. The highest BCUT2D eigenvalue weighted by molar-refractivity contribution is 5.52. The van der Waals surface area contributed by atoms with Crippen molar-refractivity contribution in [3.63, 3.8) is 0 Å². The summed E-state index contributed by atoms with van der Waals surface area (Å²) in [4.78, 5) is 12.3. The molecule has 0 bridgehead atoms. The van der Waals surface area contributed by atoms with Crippen LogP contribution in [0.2, 0.25) is 0 Å². The lowest BCUT2D eigenvalue weighted by Gasteiger charge is -2.21. The Morgan fingerprint density at radius 2 is 2.00 bits per heavy atom. The highest BCUT2D eigenvalue weighted by Crippen LogP contribution is 2.31. The zero-order valence-electron chi connectivity index (χ0n) is 10.1. The summed E-state index contributed by atoms with van der Waals surface area (Å²) >= 11 is 0. The van der Waals surface area contributed by atoms with Crippen LogP contribution in [0.4, 0.5) is 0 Å². The Morgan fingerprint density at radius 1 is 1.22 bits per heavy atom. The molecule has 18 heavy (non-hydrogen) atoms. The van der Waals surface area contributed by atoms with Crippen molar-refractivity contribution in [1.29, 1.82) is 0 Å². The van der Waals surface area contributed by atoms with Crippen molar-refractivity contribution in [2.75, 3.05) is 0 Å². The van der Waals surface area contributed by atoms with E-state index in [0.29, 0.717) is 11.5 Å². The van der Waals surface area contributed by atoms with Crippen LogP contribution in [-0.2, 0) is 4.74 Å². The SMILES string of the molecule is Cc1c2ncnc-2ncn1[C@@H]1O[C@H](C)[C@@H](O)[C@H]1O. The summed E-state index contributed by atoms with van der Waals surface area (Å²) in [7, 11) is 0. The quantitative estimate of drug-likeness (QED) is 0.723. The Bertz CT molecular complexity index is 543. The number of aliphatic hydroxyl groups is 2. The number of fused-ring (bicyclic) bond motifs is 1. The molecule has 0 aromatic rings. The summed E-state index contributed by atoms with van der Waals surface area (Å²) in [6, 6.07) is 0. The number of nitrogens with zero attached hydrogens (tertiary/aromatic N) is 4. The second-order valence-electron chi connectivity index (χ2n) is 4.50. The summed E-state index contributed by atoms with van der Waals surface area (Å²) in [5.41, 5.74) is 1.46. The van der Waals surface area contributed by atoms with Gasteiger partial charge in [-0.2, -0.15) is 0 Å². The molecule has 2 N–H and O–H groups in total. The molecule has 7 nitrogen and oxygen atoms in total. The second-order valence-corrected chi connectivity index (χ2v) is 4.50. The number of hydrogen-bond acceptors (Lipinski definition) is 6. The monoisotopic (exact) mass is 250 g/mol. The van der Waals surface area contributed by atoms with Crippen LogP contribution in [0.5, 0.6) is 0 Å². The molecule has 0 spiro atoms. The highest BCUT2D eigenvalue weighted by atomic mass is 16.6. The van der Waals surface area contributed by atoms with E-state index < -0.39 is 24.5 Å².